The highest BCUT2D eigenvalue weighted by Gasteiger charge is 2.36. The van der Waals surface area contributed by atoms with E-state index < -0.39 is 6.09 Å². The average molecular weight is 578 g/mol. The van der Waals surface area contributed by atoms with Crippen molar-refractivity contribution in [2.75, 3.05) is 19.6 Å². The van der Waals surface area contributed by atoms with Gasteiger partial charge in [-0.15, -0.1) is 0 Å². The first-order valence-corrected chi connectivity index (χ1v) is 15.3. The molecule has 222 valence electrons. The van der Waals surface area contributed by atoms with Gasteiger partial charge in [0, 0.05) is 37.8 Å². The highest BCUT2D eigenvalue weighted by molar-refractivity contribution is 5.98. The van der Waals surface area contributed by atoms with E-state index in [1.807, 2.05) is 59.5 Å². The van der Waals surface area contributed by atoms with Crippen LogP contribution in [0.15, 0.2) is 97.3 Å². The summed E-state index contributed by atoms with van der Waals surface area (Å²) < 4.78 is 2.06. The zero-order valence-electron chi connectivity index (χ0n) is 24.4. The van der Waals surface area contributed by atoms with E-state index in [9.17, 15) is 14.7 Å². The van der Waals surface area contributed by atoms with Gasteiger partial charge in [0.05, 0.1) is 24.1 Å². The molecule has 0 bridgehead atoms. The lowest BCUT2D eigenvalue weighted by molar-refractivity contribution is 0.0434. The third-order valence-corrected chi connectivity index (χ3v) is 8.83. The SMILES string of the molecule is O=C(O)N[C@H]1CCCC[C@@H]1n1cnc(C(=O)N2CCN(Cc3ccccc3)C[C@H]2Cc2ccccc2)c1-c1ccccc1. The van der Waals surface area contributed by atoms with Crippen LogP contribution in [0.3, 0.4) is 0 Å². The van der Waals surface area contributed by atoms with Crippen molar-refractivity contribution in [3.05, 3.63) is 114 Å². The fraction of sp³-hybridized carbons (Fsp3) is 0.343. The summed E-state index contributed by atoms with van der Waals surface area (Å²) in [6.45, 7) is 3.00. The van der Waals surface area contributed by atoms with Crippen LogP contribution in [0.25, 0.3) is 11.3 Å². The maximum Gasteiger partial charge on any atom is 0.404 e. The summed E-state index contributed by atoms with van der Waals surface area (Å²) in [5, 5.41) is 12.3. The average Bonchev–Trinajstić information content (AvgIpc) is 3.47. The lowest BCUT2D eigenvalue weighted by Gasteiger charge is -2.41. The van der Waals surface area contributed by atoms with Crippen molar-refractivity contribution >= 4 is 12.0 Å². The number of nitrogens with one attached hydrogen (secondary N) is 1. The van der Waals surface area contributed by atoms with Gasteiger partial charge in [-0.05, 0) is 30.4 Å². The number of carbonyl (C=O) groups excluding carboxylic acids is 1. The zero-order chi connectivity index (χ0) is 29.6. The summed E-state index contributed by atoms with van der Waals surface area (Å²) in [7, 11) is 0. The number of rotatable bonds is 8. The summed E-state index contributed by atoms with van der Waals surface area (Å²) in [6.07, 6.45) is 5.04. The van der Waals surface area contributed by atoms with Crippen LogP contribution in [-0.4, -0.2) is 68.2 Å². The Morgan fingerprint density at radius 1 is 0.837 bits per heavy atom. The van der Waals surface area contributed by atoms with E-state index >= 15 is 0 Å². The van der Waals surface area contributed by atoms with E-state index in [0.717, 1.165) is 63.0 Å². The smallest absolute Gasteiger partial charge is 0.404 e. The molecule has 2 N–H and O–H groups in total. The molecular formula is C35H39N5O3. The molecule has 2 aliphatic rings. The number of amides is 2. The second kappa shape index (κ2) is 13.3. The van der Waals surface area contributed by atoms with E-state index in [0.29, 0.717) is 12.2 Å². The van der Waals surface area contributed by atoms with Gasteiger partial charge in [-0.2, -0.15) is 0 Å². The minimum absolute atomic E-state index is 0.0164. The second-order valence-corrected chi connectivity index (χ2v) is 11.7. The third kappa shape index (κ3) is 6.65. The summed E-state index contributed by atoms with van der Waals surface area (Å²) in [4.78, 5) is 35.4. The third-order valence-electron chi connectivity index (χ3n) is 8.83. The molecule has 0 spiro atoms. The van der Waals surface area contributed by atoms with Gasteiger partial charge in [0.15, 0.2) is 5.69 Å². The molecule has 0 radical (unpaired) electrons. The highest BCUT2D eigenvalue weighted by atomic mass is 16.4. The molecule has 8 nitrogen and oxygen atoms in total. The number of carbonyl (C=O) groups is 2. The van der Waals surface area contributed by atoms with Crippen LogP contribution in [0.2, 0.25) is 0 Å². The van der Waals surface area contributed by atoms with Gasteiger partial charge in [0.1, 0.15) is 0 Å². The molecule has 2 heterocycles. The number of imidazole rings is 1. The number of carboxylic acid groups (broad SMARTS) is 1. The van der Waals surface area contributed by atoms with Crippen molar-refractivity contribution in [1.82, 2.24) is 24.7 Å². The molecule has 2 amide bonds. The number of hydrogen-bond acceptors (Lipinski definition) is 4. The van der Waals surface area contributed by atoms with Crippen molar-refractivity contribution < 1.29 is 14.7 Å². The van der Waals surface area contributed by atoms with E-state index in [2.05, 4.69) is 51.2 Å². The van der Waals surface area contributed by atoms with Gasteiger partial charge in [-0.25, -0.2) is 9.78 Å². The Morgan fingerprint density at radius 2 is 1.49 bits per heavy atom. The van der Waals surface area contributed by atoms with Crippen LogP contribution in [0.1, 0.15) is 53.3 Å². The summed E-state index contributed by atoms with van der Waals surface area (Å²) in [5.74, 6) is -0.0727. The maximum absolute atomic E-state index is 14.5. The second-order valence-electron chi connectivity index (χ2n) is 11.7. The Bertz CT molecular complexity index is 1510. The number of nitrogens with zero attached hydrogens (tertiary/aromatic N) is 4. The van der Waals surface area contributed by atoms with Crippen LogP contribution in [-0.2, 0) is 13.0 Å². The Morgan fingerprint density at radius 3 is 2.19 bits per heavy atom. The Hall–Kier alpha value is -4.43. The van der Waals surface area contributed by atoms with Gasteiger partial charge < -0.3 is 19.9 Å². The van der Waals surface area contributed by atoms with Gasteiger partial charge in [-0.1, -0.05) is 104 Å². The first-order valence-electron chi connectivity index (χ1n) is 15.3. The van der Waals surface area contributed by atoms with Crippen LogP contribution < -0.4 is 5.32 Å². The number of hydrogen-bond donors (Lipinski definition) is 2. The number of piperazine rings is 1. The monoisotopic (exact) mass is 577 g/mol. The molecule has 6 rings (SSSR count). The summed E-state index contributed by atoms with van der Waals surface area (Å²) in [5.41, 5.74) is 4.57. The van der Waals surface area contributed by atoms with E-state index in [1.54, 1.807) is 6.33 Å². The molecule has 8 heteroatoms. The van der Waals surface area contributed by atoms with E-state index in [4.69, 9.17) is 4.98 Å². The molecule has 1 aliphatic carbocycles. The molecule has 3 atom stereocenters. The molecule has 1 saturated carbocycles. The molecule has 1 aromatic heterocycles. The normalized spacial score (nSPS) is 20.9. The van der Waals surface area contributed by atoms with Crippen molar-refractivity contribution in [3.8, 4) is 11.3 Å². The zero-order valence-corrected chi connectivity index (χ0v) is 24.4. The van der Waals surface area contributed by atoms with Crippen molar-refractivity contribution in [2.24, 2.45) is 0 Å². The van der Waals surface area contributed by atoms with Crippen molar-refractivity contribution in [3.63, 3.8) is 0 Å². The summed E-state index contributed by atoms with van der Waals surface area (Å²) >= 11 is 0. The topological polar surface area (TPSA) is 90.7 Å². The summed E-state index contributed by atoms with van der Waals surface area (Å²) in [6, 6.07) is 30.4. The molecule has 2 fully saturated rings. The van der Waals surface area contributed by atoms with Gasteiger partial charge in [0.25, 0.3) is 5.91 Å². The molecule has 3 aromatic carbocycles. The lowest BCUT2D eigenvalue weighted by Crippen LogP contribution is -2.55. The van der Waals surface area contributed by atoms with E-state index in [-0.39, 0.29) is 24.0 Å². The molecule has 4 aromatic rings. The predicted molar refractivity (Wildman–Crippen MR) is 167 cm³/mol. The minimum atomic E-state index is -1.02. The molecule has 1 saturated heterocycles. The Labute approximate surface area is 253 Å². The first-order chi connectivity index (χ1) is 21.1. The van der Waals surface area contributed by atoms with Gasteiger partial charge in [0.2, 0.25) is 0 Å². The number of aromatic nitrogens is 2. The lowest BCUT2D eigenvalue weighted by atomic mass is 9.89. The predicted octanol–water partition coefficient (Wildman–Crippen LogP) is 5.87. The van der Waals surface area contributed by atoms with Crippen molar-refractivity contribution in [2.45, 2.75) is 56.8 Å². The highest BCUT2D eigenvalue weighted by Crippen LogP contribution is 2.35. The van der Waals surface area contributed by atoms with Crippen molar-refractivity contribution in [1.29, 1.82) is 0 Å². The molecular weight excluding hydrogens is 538 g/mol. The van der Waals surface area contributed by atoms with Crippen LogP contribution >= 0.6 is 0 Å². The van der Waals surface area contributed by atoms with Crippen LogP contribution in [0.5, 0.6) is 0 Å². The Balaban J connectivity index is 1.33. The molecule has 1 aliphatic heterocycles. The quantitative estimate of drug-likeness (QED) is 0.273. The van der Waals surface area contributed by atoms with Crippen LogP contribution in [0, 0.1) is 0 Å². The molecule has 0 unspecified atom stereocenters. The minimum Gasteiger partial charge on any atom is -0.465 e. The molecule has 43 heavy (non-hydrogen) atoms. The first kappa shape index (κ1) is 28.7. The Kier molecular flexibility index (Phi) is 8.84. The fourth-order valence-corrected chi connectivity index (χ4v) is 6.79. The standard InChI is InChI=1S/C35H39N5O3/c41-34(39-21-20-38(23-27-14-6-2-7-15-27)24-29(39)22-26-12-4-1-5-13-26)32-33(28-16-8-3-9-17-28)40(25-36-32)31-19-11-10-18-30(31)37-35(42)43/h1-9,12-17,25,29-31,37H,10-11,18-24H2,(H,42,43)/t29-,30+,31+/m1/s1. The van der Waals surface area contributed by atoms with Gasteiger partial charge in [-0.3, -0.25) is 9.69 Å². The van der Waals surface area contributed by atoms with Crippen LogP contribution in [0.4, 0.5) is 4.79 Å². The largest absolute Gasteiger partial charge is 0.465 e. The maximum atomic E-state index is 14.5. The fourth-order valence-electron chi connectivity index (χ4n) is 6.79. The number of benzene rings is 3. The van der Waals surface area contributed by atoms with Gasteiger partial charge >= 0.3 is 6.09 Å². The van der Waals surface area contributed by atoms with E-state index in [1.165, 1.54) is 11.1 Å².